The van der Waals surface area contributed by atoms with Crippen molar-refractivity contribution in [2.24, 2.45) is 5.73 Å². The summed E-state index contributed by atoms with van der Waals surface area (Å²) in [5, 5.41) is 9.28. The van der Waals surface area contributed by atoms with E-state index in [-0.39, 0.29) is 0 Å². The standard InChI is InChI=1S/C13H19N5S/c1-10(2)18-12(9-14)16-17-13(18)19-8-6-11-5-3-4-7-15-11/h3-5,7,10H,6,8-9,14H2,1-2H3. The van der Waals surface area contributed by atoms with Crippen molar-refractivity contribution in [3.63, 3.8) is 0 Å². The van der Waals surface area contributed by atoms with E-state index in [2.05, 4.69) is 33.6 Å². The first kappa shape index (κ1) is 14.0. The lowest BCUT2D eigenvalue weighted by Crippen LogP contribution is -2.11. The Morgan fingerprint density at radius 3 is 2.79 bits per heavy atom. The van der Waals surface area contributed by atoms with E-state index in [1.54, 1.807) is 11.8 Å². The van der Waals surface area contributed by atoms with Crippen molar-refractivity contribution in [2.45, 2.75) is 38.0 Å². The predicted octanol–water partition coefficient (Wildman–Crippen LogP) is 2.05. The van der Waals surface area contributed by atoms with E-state index < -0.39 is 0 Å². The van der Waals surface area contributed by atoms with Crippen molar-refractivity contribution >= 4 is 11.8 Å². The predicted molar refractivity (Wildman–Crippen MR) is 77.0 cm³/mol. The molecule has 2 heterocycles. The molecule has 0 aliphatic rings. The largest absolute Gasteiger partial charge is 0.324 e. The molecule has 0 fully saturated rings. The van der Waals surface area contributed by atoms with Crippen LogP contribution in [-0.2, 0) is 13.0 Å². The summed E-state index contributed by atoms with van der Waals surface area (Å²) >= 11 is 1.70. The Kier molecular flexibility index (Phi) is 4.93. The Balaban J connectivity index is 1.98. The van der Waals surface area contributed by atoms with Crippen molar-refractivity contribution in [2.75, 3.05) is 5.75 Å². The number of pyridine rings is 1. The van der Waals surface area contributed by atoms with E-state index in [1.807, 2.05) is 24.4 Å². The number of nitrogens with zero attached hydrogens (tertiary/aromatic N) is 4. The summed E-state index contributed by atoms with van der Waals surface area (Å²) in [6, 6.07) is 6.31. The van der Waals surface area contributed by atoms with Crippen LogP contribution >= 0.6 is 11.8 Å². The van der Waals surface area contributed by atoms with Crippen molar-refractivity contribution in [1.82, 2.24) is 19.7 Å². The molecule has 0 aliphatic carbocycles. The van der Waals surface area contributed by atoms with Gasteiger partial charge in [0.15, 0.2) is 5.16 Å². The van der Waals surface area contributed by atoms with Crippen molar-refractivity contribution in [1.29, 1.82) is 0 Å². The van der Waals surface area contributed by atoms with Crippen LogP contribution < -0.4 is 5.73 Å². The van der Waals surface area contributed by atoms with Crippen molar-refractivity contribution < 1.29 is 0 Å². The fourth-order valence-corrected chi connectivity index (χ4v) is 2.90. The maximum atomic E-state index is 5.68. The topological polar surface area (TPSA) is 69.6 Å². The summed E-state index contributed by atoms with van der Waals surface area (Å²) in [6.45, 7) is 4.66. The molecule has 2 aromatic rings. The molecule has 0 bridgehead atoms. The number of aryl methyl sites for hydroxylation is 1. The molecular formula is C13H19N5S. The van der Waals surface area contributed by atoms with Crippen LogP contribution in [0.5, 0.6) is 0 Å². The van der Waals surface area contributed by atoms with Gasteiger partial charge in [0.1, 0.15) is 5.82 Å². The van der Waals surface area contributed by atoms with Crippen LogP contribution in [0.3, 0.4) is 0 Å². The van der Waals surface area contributed by atoms with E-state index >= 15 is 0 Å². The van der Waals surface area contributed by atoms with Crippen molar-refractivity contribution in [3.05, 3.63) is 35.9 Å². The van der Waals surface area contributed by atoms with Gasteiger partial charge in [0.05, 0.1) is 6.54 Å². The zero-order chi connectivity index (χ0) is 13.7. The highest BCUT2D eigenvalue weighted by atomic mass is 32.2. The third-order valence-corrected chi connectivity index (χ3v) is 3.69. The van der Waals surface area contributed by atoms with E-state index in [4.69, 9.17) is 5.73 Å². The first-order chi connectivity index (χ1) is 9.22. The molecule has 0 aromatic carbocycles. The minimum Gasteiger partial charge on any atom is -0.324 e. The molecule has 0 amide bonds. The average Bonchev–Trinajstić information content (AvgIpc) is 2.83. The second-order valence-electron chi connectivity index (χ2n) is 4.49. The summed E-state index contributed by atoms with van der Waals surface area (Å²) < 4.78 is 2.10. The normalized spacial score (nSPS) is 11.2. The molecule has 0 saturated carbocycles. The lowest BCUT2D eigenvalue weighted by molar-refractivity contribution is 0.526. The molecule has 0 atom stereocenters. The van der Waals surface area contributed by atoms with E-state index in [1.165, 1.54) is 0 Å². The molecule has 5 nitrogen and oxygen atoms in total. The molecule has 0 spiro atoms. The lowest BCUT2D eigenvalue weighted by atomic mass is 10.3. The summed E-state index contributed by atoms with van der Waals surface area (Å²) in [4.78, 5) is 4.31. The Bertz CT molecular complexity index is 509. The van der Waals surface area contributed by atoms with Crippen LogP contribution in [0.4, 0.5) is 0 Å². The molecule has 0 radical (unpaired) electrons. The van der Waals surface area contributed by atoms with E-state index in [9.17, 15) is 0 Å². The van der Waals surface area contributed by atoms with Crippen LogP contribution in [-0.4, -0.2) is 25.5 Å². The molecule has 0 saturated heterocycles. The summed E-state index contributed by atoms with van der Waals surface area (Å²) in [7, 11) is 0. The van der Waals surface area contributed by atoms with Crippen molar-refractivity contribution in [3.8, 4) is 0 Å². The zero-order valence-electron chi connectivity index (χ0n) is 11.3. The minimum absolute atomic E-state index is 0.325. The van der Waals surface area contributed by atoms with Crippen LogP contribution in [0.2, 0.25) is 0 Å². The number of hydrogen-bond donors (Lipinski definition) is 1. The third-order valence-electron chi connectivity index (χ3n) is 2.75. The van der Waals surface area contributed by atoms with Crippen LogP contribution in [0.15, 0.2) is 29.6 Å². The number of rotatable bonds is 6. The molecule has 0 aliphatic heterocycles. The van der Waals surface area contributed by atoms with Gasteiger partial charge in [0.2, 0.25) is 0 Å². The second kappa shape index (κ2) is 6.68. The Morgan fingerprint density at radius 2 is 2.16 bits per heavy atom. The Labute approximate surface area is 117 Å². The monoisotopic (exact) mass is 277 g/mol. The molecule has 2 aromatic heterocycles. The van der Waals surface area contributed by atoms with Gasteiger partial charge in [-0.2, -0.15) is 0 Å². The van der Waals surface area contributed by atoms with Gasteiger partial charge >= 0.3 is 0 Å². The molecule has 2 N–H and O–H groups in total. The second-order valence-corrected chi connectivity index (χ2v) is 5.55. The zero-order valence-corrected chi connectivity index (χ0v) is 12.1. The highest BCUT2D eigenvalue weighted by Crippen LogP contribution is 2.21. The summed E-state index contributed by atoms with van der Waals surface area (Å²) in [5.74, 6) is 1.78. The van der Waals surface area contributed by atoms with Gasteiger partial charge in [0.25, 0.3) is 0 Å². The fraction of sp³-hybridized carbons (Fsp3) is 0.462. The average molecular weight is 277 g/mol. The molecule has 102 valence electrons. The van der Waals surface area contributed by atoms with Gasteiger partial charge in [0, 0.05) is 23.7 Å². The van der Waals surface area contributed by atoms with Gasteiger partial charge < -0.3 is 10.3 Å². The van der Waals surface area contributed by atoms with Gasteiger partial charge in [-0.25, -0.2) is 0 Å². The number of aromatic nitrogens is 4. The van der Waals surface area contributed by atoms with E-state index in [0.29, 0.717) is 12.6 Å². The number of nitrogens with two attached hydrogens (primary N) is 1. The summed E-state index contributed by atoms with van der Waals surface area (Å²) in [5.41, 5.74) is 6.78. The first-order valence-corrected chi connectivity index (χ1v) is 7.37. The highest BCUT2D eigenvalue weighted by molar-refractivity contribution is 7.99. The maximum Gasteiger partial charge on any atom is 0.191 e. The van der Waals surface area contributed by atoms with Gasteiger partial charge in [-0.05, 0) is 32.4 Å². The van der Waals surface area contributed by atoms with Crippen LogP contribution in [0.1, 0.15) is 31.4 Å². The van der Waals surface area contributed by atoms with Gasteiger partial charge in [-0.15, -0.1) is 10.2 Å². The minimum atomic E-state index is 0.325. The maximum absolute atomic E-state index is 5.68. The van der Waals surface area contributed by atoms with Gasteiger partial charge in [-0.1, -0.05) is 17.8 Å². The molecule has 6 heteroatoms. The number of hydrogen-bond acceptors (Lipinski definition) is 5. The smallest absolute Gasteiger partial charge is 0.191 e. The third kappa shape index (κ3) is 3.54. The van der Waals surface area contributed by atoms with Gasteiger partial charge in [-0.3, -0.25) is 4.98 Å². The number of thioether (sulfide) groups is 1. The van der Waals surface area contributed by atoms with Crippen LogP contribution in [0, 0.1) is 0 Å². The lowest BCUT2D eigenvalue weighted by Gasteiger charge is -2.12. The molecule has 0 unspecified atom stereocenters. The van der Waals surface area contributed by atoms with Crippen LogP contribution in [0.25, 0.3) is 0 Å². The summed E-state index contributed by atoms with van der Waals surface area (Å²) in [6.07, 6.45) is 2.75. The fourth-order valence-electron chi connectivity index (χ4n) is 1.86. The van der Waals surface area contributed by atoms with E-state index in [0.717, 1.165) is 28.8 Å². The SMILES string of the molecule is CC(C)n1c(CN)nnc1SCCc1ccccn1. The Hall–Kier alpha value is -1.40. The first-order valence-electron chi connectivity index (χ1n) is 6.39. The highest BCUT2D eigenvalue weighted by Gasteiger charge is 2.13. The molecular weight excluding hydrogens is 258 g/mol. The quantitative estimate of drug-likeness (QED) is 0.818. The molecule has 2 rings (SSSR count). The Morgan fingerprint density at radius 1 is 1.32 bits per heavy atom. The molecule has 19 heavy (non-hydrogen) atoms.